The number of carbonyl (C=O) groups excluding carboxylic acids is 4. The van der Waals surface area contributed by atoms with Crippen LogP contribution >= 0.6 is 0 Å². The number of carbonyl (C=O) groups is 4. The van der Waals surface area contributed by atoms with E-state index in [0.29, 0.717) is 18.4 Å². The van der Waals surface area contributed by atoms with Crippen molar-refractivity contribution in [2.75, 3.05) is 13.2 Å². The Bertz CT molecular complexity index is 1510. The zero-order valence-electron chi connectivity index (χ0n) is 26.2. The number of allylic oxidation sites excluding steroid dienone is 1. The minimum Gasteiger partial charge on any atom is -0.455 e. The van der Waals surface area contributed by atoms with Crippen LogP contribution in [0.3, 0.4) is 0 Å². The fourth-order valence-corrected chi connectivity index (χ4v) is 7.41. The average molecular weight is 628 g/mol. The lowest BCUT2D eigenvalue weighted by Crippen LogP contribution is -2.58. The van der Waals surface area contributed by atoms with Gasteiger partial charge in [0.05, 0.1) is 30.7 Å². The monoisotopic (exact) mass is 627 g/mol. The molecule has 10 heteroatoms. The molecule has 4 aliphatic heterocycles. The number of cyclic esters (lactones) is 1. The van der Waals surface area contributed by atoms with Crippen LogP contribution in [0.1, 0.15) is 50.3 Å². The first kappa shape index (κ1) is 31.7. The fraction of sp³-hybridized carbons (Fsp3) is 0.444. The van der Waals surface area contributed by atoms with E-state index in [0.717, 1.165) is 5.56 Å². The number of hydrogen-bond acceptors (Lipinski definition) is 7. The van der Waals surface area contributed by atoms with Gasteiger partial charge in [0.1, 0.15) is 23.7 Å². The molecule has 3 amide bonds. The first-order valence-corrected chi connectivity index (χ1v) is 16.1. The van der Waals surface area contributed by atoms with Crippen LogP contribution in [-0.2, 0) is 35.2 Å². The van der Waals surface area contributed by atoms with Gasteiger partial charge in [-0.25, -0.2) is 0 Å². The summed E-state index contributed by atoms with van der Waals surface area (Å²) in [6, 6.07) is 16.4. The molecule has 0 aliphatic carbocycles. The lowest BCUT2D eigenvalue weighted by molar-refractivity contribution is -0.162. The molecule has 242 valence electrons. The van der Waals surface area contributed by atoms with Gasteiger partial charge in [0, 0.05) is 19.5 Å². The number of hydrogen-bond donors (Lipinski definition) is 2. The number of amides is 3. The maximum Gasteiger partial charge on any atom is 0.313 e. The van der Waals surface area contributed by atoms with Gasteiger partial charge in [-0.05, 0) is 30.9 Å². The summed E-state index contributed by atoms with van der Waals surface area (Å²) in [6.07, 6.45) is 6.72. The van der Waals surface area contributed by atoms with Gasteiger partial charge in [0.15, 0.2) is 0 Å². The van der Waals surface area contributed by atoms with Crippen molar-refractivity contribution in [1.29, 1.82) is 0 Å². The topological polar surface area (TPSA) is 125 Å². The van der Waals surface area contributed by atoms with Crippen molar-refractivity contribution in [3.8, 4) is 0 Å². The summed E-state index contributed by atoms with van der Waals surface area (Å²) in [7, 11) is 0. The Balaban J connectivity index is 1.44. The van der Waals surface area contributed by atoms with Gasteiger partial charge in [-0.1, -0.05) is 91.9 Å². The molecule has 2 aromatic rings. The van der Waals surface area contributed by atoms with Gasteiger partial charge in [-0.2, -0.15) is 0 Å². The van der Waals surface area contributed by atoms with Crippen LogP contribution in [0.2, 0.25) is 0 Å². The number of nitrogens with zero attached hydrogens (tertiary/aromatic N) is 2. The number of nitrogens with one attached hydrogen (secondary N) is 1. The molecule has 8 atom stereocenters. The Morgan fingerprint density at radius 1 is 1.00 bits per heavy atom. The Hall–Kier alpha value is -4.28. The Morgan fingerprint density at radius 3 is 2.41 bits per heavy atom. The Kier molecular flexibility index (Phi) is 9.11. The predicted molar refractivity (Wildman–Crippen MR) is 169 cm³/mol. The first-order chi connectivity index (χ1) is 22.3. The fourth-order valence-electron chi connectivity index (χ4n) is 7.41. The molecule has 0 aromatic heterocycles. The lowest BCUT2D eigenvalue weighted by Gasteiger charge is -2.38. The zero-order chi connectivity index (χ0) is 32.4. The number of aliphatic hydroxyl groups excluding tert-OH is 1. The van der Waals surface area contributed by atoms with Gasteiger partial charge in [0.2, 0.25) is 17.7 Å². The quantitative estimate of drug-likeness (QED) is 0.373. The third kappa shape index (κ3) is 5.64. The predicted octanol–water partition coefficient (Wildman–Crippen LogP) is 3.08. The molecule has 0 radical (unpaired) electrons. The van der Waals surface area contributed by atoms with E-state index < -0.39 is 59.6 Å². The summed E-state index contributed by atoms with van der Waals surface area (Å²) in [5, 5.41) is 13.4. The number of aliphatic hydroxyl groups is 1. The maximum atomic E-state index is 14.8. The van der Waals surface area contributed by atoms with Gasteiger partial charge >= 0.3 is 5.97 Å². The van der Waals surface area contributed by atoms with Crippen LogP contribution in [0.4, 0.5) is 0 Å². The van der Waals surface area contributed by atoms with Gasteiger partial charge in [0.25, 0.3) is 0 Å². The Labute approximate surface area is 269 Å². The zero-order valence-corrected chi connectivity index (χ0v) is 26.2. The molecule has 5 bridgehead atoms. The highest BCUT2D eigenvalue weighted by Crippen LogP contribution is 2.56. The molecular formula is C36H41N3O7. The third-order valence-corrected chi connectivity index (χ3v) is 9.67. The summed E-state index contributed by atoms with van der Waals surface area (Å²) in [4.78, 5) is 59.5. The molecule has 1 spiro atoms. The molecule has 0 unspecified atom stereocenters. The minimum absolute atomic E-state index is 0.194. The van der Waals surface area contributed by atoms with Crippen LogP contribution in [-0.4, -0.2) is 81.6 Å². The number of rotatable bonds is 6. The minimum atomic E-state index is -1.40. The van der Waals surface area contributed by atoms with Crippen molar-refractivity contribution in [3.63, 3.8) is 0 Å². The summed E-state index contributed by atoms with van der Waals surface area (Å²) in [5.41, 5.74) is 0.203. The van der Waals surface area contributed by atoms with Crippen LogP contribution in [0.15, 0.2) is 85.0 Å². The van der Waals surface area contributed by atoms with E-state index in [9.17, 15) is 24.3 Å². The van der Waals surface area contributed by atoms with Crippen molar-refractivity contribution in [1.82, 2.24) is 15.1 Å². The van der Waals surface area contributed by atoms with Crippen molar-refractivity contribution in [3.05, 3.63) is 96.1 Å². The first-order valence-electron chi connectivity index (χ1n) is 16.1. The second kappa shape index (κ2) is 13.2. The van der Waals surface area contributed by atoms with E-state index in [2.05, 4.69) is 5.32 Å². The number of esters is 1. The number of likely N-dealkylation sites (tertiary alicyclic amines) is 1. The summed E-state index contributed by atoms with van der Waals surface area (Å²) >= 11 is 0. The van der Waals surface area contributed by atoms with Crippen molar-refractivity contribution < 1.29 is 33.8 Å². The molecule has 46 heavy (non-hydrogen) atoms. The molecular weight excluding hydrogens is 586 g/mol. The highest BCUT2D eigenvalue weighted by Gasteiger charge is 2.74. The molecule has 6 rings (SSSR count). The summed E-state index contributed by atoms with van der Waals surface area (Å²) < 4.78 is 12.7. The van der Waals surface area contributed by atoms with Crippen LogP contribution < -0.4 is 5.32 Å². The SMILES string of the molecule is CC[C@@H](CO)N1C(=O)[C@@H]2[C@H]3C(=O)O[C@@H](c4ccccc4)[C@H](C)NC(=O)CC/C=C\CN(Cc4ccccc4)C(=O)[C@@H]1[C@]21C=C[C@H]3O1. The van der Waals surface area contributed by atoms with E-state index in [4.69, 9.17) is 9.47 Å². The molecule has 2 N–H and O–H groups in total. The molecule has 10 nitrogen and oxygen atoms in total. The standard InChI is InChI=1S/C36H41N3O7/c1-3-26(22-40)39-32-34(43)38(21-24-13-7-4-8-14-24)20-12-6-11-17-28(41)37-23(2)31(25-15-9-5-10-16-25)45-35(44)29-27-18-19-36(32,46-27)30(29)33(39)42/h4-10,12-16,18-19,23,26-27,29-32,40H,3,11,17,20-22H2,1-2H3,(H,37,41)/b12-6-/t23-,26-,27+,29-,30-,31+,32+,36-/m0/s1. The second-order valence-corrected chi connectivity index (χ2v) is 12.5. The van der Waals surface area contributed by atoms with Gasteiger partial charge in [-0.3, -0.25) is 19.2 Å². The van der Waals surface area contributed by atoms with E-state index in [1.165, 1.54) is 4.90 Å². The van der Waals surface area contributed by atoms with Gasteiger partial charge < -0.3 is 29.7 Å². The molecule has 0 saturated carbocycles. The van der Waals surface area contributed by atoms with Crippen molar-refractivity contribution >= 4 is 23.7 Å². The van der Waals surface area contributed by atoms with E-state index in [-0.39, 0.29) is 37.9 Å². The maximum absolute atomic E-state index is 14.8. The van der Waals surface area contributed by atoms with Crippen LogP contribution in [0, 0.1) is 11.8 Å². The van der Waals surface area contributed by atoms with Crippen LogP contribution in [0.5, 0.6) is 0 Å². The van der Waals surface area contributed by atoms with Crippen LogP contribution in [0.25, 0.3) is 0 Å². The number of ether oxygens (including phenoxy) is 2. The van der Waals surface area contributed by atoms with Gasteiger partial charge in [-0.15, -0.1) is 0 Å². The van der Waals surface area contributed by atoms with Crippen molar-refractivity contribution in [2.24, 2.45) is 11.8 Å². The molecule has 4 aliphatic rings. The second-order valence-electron chi connectivity index (χ2n) is 12.5. The normalized spacial score (nSPS) is 32.7. The lowest BCUT2D eigenvalue weighted by atomic mass is 9.74. The summed E-state index contributed by atoms with van der Waals surface area (Å²) in [5.74, 6) is -3.62. The molecule has 2 saturated heterocycles. The smallest absolute Gasteiger partial charge is 0.313 e. The van der Waals surface area contributed by atoms with E-state index in [1.807, 2.05) is 79.7 Å². The average Bonchev–Trinajstić information content (AvgIpc) is 3.71. The van der Waals surface area contributed by atoms with E-state index >= 15 is 0 Å². The molecule has 4 heterocycles. The highest BCUT2D eigenvalue weighted by molar-refractivity contribution is 5.99. The highest BCUT2D eigenvalue weighted by atomic mass is 16.6. The number of benzene rings is 2. The largest absolute Gasteiger partial charge is 0.455 e. The third-order valence-electron chi connectivity index (χ3n) is 9.67. The Morgan fingerprint density at radius 2 is 1.72 bits per heavy atom. The molecule has 2 aromatic carbocycles. The molecule has 2 fully saturated rings. The summed E-state index contributed by atoms with van der Waals surface area (Å²) in [6.45, 7) is 3.80. The van der Waals surface area contributed by atoms with Crippen molar-refractivity contribution in [2.45, 2.75) is 75.6 Å². The van der Waals surface area contributed by atoms with E-state index in [1.54, 1.807) is 24.0 Å². The number of fused-ring (bicyclic) bond motifs is 2.